The Balaban J connectivity index is 2.46. The van der Waals surface area contributed by atoms with Crippen LogP contribution in [0.25, 0.3) is 21.9 Å². The van der Waals surface area contributed by atoms with Gasteiger partial charge in [0.25, 0.3) is 0 Å². The van der Waals surface area contributed by atoms with E-state index < -0.39 is 0 Å². The van der Waals surface area contributed by atoms with E-state index >= 15 is 0 Å². The molecule has 0 saturated carbocycles. The molecule has 0 unspecified atom stereocenters. The third kappa shape index (κ3) is 1.44. The van der Waals surface area contributed by atoms with Gasteiger partial charge in [-0.1, -0.05) is 0 Å². The number of aromatic nitrogens is 3. The lowest BCUT2D eigenvalue weighted by Crippen LogP contribution is -2.13. The molecule has 3 rings (SSSR count). The minimum absolute atomic E-state index is 0.426. The standard InChI is InChI=1S/C13H11N5/c1-15-8-18-12-7-17-9(6-14)5-11(12)10-3-2-4-16-13(10)18/h2-5,7,15H,8H2,1H3. The normalized spacial score (nSPS) is 10.9. The van der Waals surface area contributed by atoms with Crippen molar-refractivity contribution in [3.05, 3.63) is 36.3 Å². The average Bonchev–Trinajstić information content (AvgIpc) is 2.74. The highest BCUT2D eigenvalue weighted by Gasteiger charge is 2.11. The van der Waals surface area contributed by atoms with Gasteiger partial charge < -0.3 is 9.88 Å². The monoisotopic (exact) mass is 237 g/mol. The van der Waals surface area contributed by atoms with E-state index in [-0.39, 0.29) is 0 Å². The zero-order chi connectivity index (χ0) is 12.5. The van der Waals surface area contributed by atoms with Crippen LogP contribution in [0, 0.1) is 11.3 Å². The van der Waals surface area contributed by atoms with Crippen molar-refractivity contribution in [3.8, 4) is 6.07 Å². The Bertz CT molecular complexity index is 766. The van der Waals surface area contributed by atoms with Crippen LogP contribution in [0.3, 0.4) is 0 Å². The number of nitrogens with one attached hydrogen (secondary N) is 1. The van der Waals surface area contributed by atoms with E-state index in [0.29, 0.717) is 12.4 Å². The van der Waals surface area contributed by atoms with E-state index in [4.69, 9.17) is 5.26 Å². The summed E-state index contributed by atoms with van der Waals surface area (Å²) in [4.78, 5) is 8.53. The predicted octanol–water partition coefficient (Wildman–Crippen LogP) is 1.63. The Morgan fingerprint density at radius 1 is 1.39 bits per heavy atom. The Morgan fingerprint density at radius 3 is 3.06 bits per heavy atom. The Labute approximate surface area is 104 Å². The van der Waals surface area contributed by atoms with Crippen LogP contribution in [0.15, 0.2) is 30.6 Å². The lowest BCUT2D eigenvalue weighted by molar-refractivity contribution is 0.649. The van der Waals surface area contributed by atoms with Gasteiger partial charge in [0.2, 0.25) is 0 Å². The van der Waals surface area contributed by atoms with Gasteiger partial charge in [0.1, 0.15) is 17.4 Å². The maximum absolute atomic E-state index is 8.93. The van der Waals surface area contributed by atoms with Crippen LogP contribution >= 0.6 is 0 Å². The summed E-state index contributed by atoms with van der Waals surface area (Å²) in [5, 5.41) is 14.1. The van der Waals surface area contributed by atoms with E-state index in [2.05, 4.69) is 25.9 Å². The Hall–Kier alpha value is -2.45. The molecule has 88 valence electrons. The van der Waals surface area contributed by atoms with Crippen molar-refractivity contribution >= 4 is 21.9 Å². The Morgan fingerprint density at radius 2 is 2.28 bits per heavy atom. The molecule has 5 nitrogen and oxygen atoms in total. The molecule has 0 aliphatic carbocycles. The van der Waals surface area contributed by atoms with Crippen LogP contribution in [0.2, 0.25) is 0 Å². The summed E-state index contributed by atoms with van der Waals surface area (Å²) in [5.41, 5.74) is 2.31. The van der Waals surface area contributed by atoms with E-state index in [9.17, 15) is 0 Å². The van der Waals surface area contributed by atoms with Crippen LogP contribution in [-0.4, -0.2) is 21.6 Å². The van der Waals surface area contributed by atoms with Crippen molar-refractivity contribution in [2.24, 2.45) is 0 Å². The van der Waals surface area contributed by atoms with Gasteiger partial charge in [-0.05, 0) is 25.2 Å². The number of nitrogens with zero attached hydrogens (tertiary/aromatic N) is 4. The lowest BCUT2D eigenvalue weighted by atomic mass is 10.2. The fourth-order valence-electron chi connectivity index (χ4n) is 2.19. The summed E-state index contributed by atoms with van der Waals surface area (Å²) < 4.78 is 2.05. The maximum Gasteiger partial charge on any atom is 0.142 e. The van der Waals surface area contributed by atoms with E-state index in [1.54, 1.807) is 12.4 Å². The molecule has 0 aromatic carbocycles. The van der Waals surface area contributed by atoms with Crippen molar-refractivity contribution in [1.29, 1.82) is 5.26 Å². The Kier molecular flexibility index (Phi) is 2.43. The number of pyridine rings is 2. The van der Waals surface area contributed by atoms with Gasteiger partial charge in [0.05, 0.1) is 18.4 Å². The lowest BCUT2D eigenvalue weighted by Gasteiger charge is -2.04. The molecule has 0 radical (unpaired) electrons. The largest absolute Gasteiger partial charge is 0.310 e. The van der Waals surface area contributed by atoms with Gasteiger partial charge in [-0.15, -0.1) is 0 Å². The first-order chi connectivity index (χ1) is 8.85. The van der Waals surface area contributed by atoms with Gasteiger partial charge in [-0.2, -0.15) is 5.26 Å². The molecule has 0 aliphatic rings. The molecule has 0 aliphatic heterocycles. The van der Waals surface area contributed by atoms with Gasteiger partial charge in [-0.3, -0.25) is 0 Å². The molecule has 3 heterocycles. The summed E-state index contributed by atoms with van der Waals surface area (Å²) in [6.07, 6.45) is 3.50. The third-order valence-electron chi connectivity index (χ3n) is 2.94. The average molecular weight is 237 g/mol. The highest BCUT2D eigenvalue weighted by Crippen LogP contribution is 2.26. The number of hydrogen-bond acceptors (Lipinski definition) is 4. The first-order valence-corrected chi connectivity index (χ1v) is 5.63. The fourth-order valence-corrected chi connectivity index (χ4v) is 2.19. The highest BCUT2D eigenvalue weighted by molar-refractivity contribution is 6.06. The molecule has 0 fully saturated rings. The van der Waals surface area contributed by atoms with Crippen LogP contribution in [0.1, 0.15) is 5.69 Å². The van der Waals surface area contributed by atoms with Gasteiger partial charge >= 0.3 is 0 Å². The van der Waals surface area contributed by atoms with Gasteiger partial charge in [0.15, 0.2) is 0 Å². The second-order valence-electron chi connectivity index (χ2n) is 4.01. The van der Waals surface area contributed by atoms with Crippen molar-refractivity contribution < 1.29 is 0 Å². The van der Waals surface area contributed by atoms with E-state index in [1.807, 2.05) is 25.2 Å². The third-order valence-corrected chi connectivity index (χ3v) is 2.94. The predicted molar refractivity (Wildman–Crippen MR) is 68.8 cm³/mol. The molecular formula is C13H11N5. The number of fused-ring (bicyclic) bond motifs is 3. The van der Waals surface area contributed by atoms with Crippen molar-refractivity contribution in [3.63, 3.8) is 0 Å². The van der Waals surface area contributed by atoms with E-state index in [0.717, 1.165) is 21.9 Å². The first-order valence-electron chi connectivity index (χ1n) is 5.63. The zero-order valence-electron chi connectivity index (χ0n) is 9.88. The molecule has 0 atom stereocenters. The molecular weight excluding hydrogens is 226 g/mol. The van der Waals surface area contributed by atoms with Gasteiger partial charge in [-0.25, -0.2) is 9.97 Å². The number of rotatable bonds is 2. The first kappa shape index (κ1) is 10.7. The minimum Gasteiger partial charge on any atom is -0.310 e. The summed E-state index contributed by atoms with van der Waals surface area (Å²) in [6, 6.07) is 7.79. The maximum atomic E-state index is 8.93. The van der Waals surface area contributed by atoms with E-state index in [1.165, 1.54) is 0 Å². The van der Waals surface area contributed by atoms with Crippen LogP contribution in [0.4, 0.5) is 0 Å². The summed E-state index contributed by atoms with van der Waals surface area (Å²) in [6.45, 7) is 0.657. The quantitative estimate of drug-likeness (QED) is 0.735. The van der Waals surface area contributed by atoms with Crippen molar-refractivity contribution in [1.82, 2.24) is 19.9 Å². The SMILES string of the molecule is CNCn1c2cnc(C#N)cc2c2cccnc21. The van der Waals surface area contributed by atoms with Crippen LogP contribution < -0.4 is 5.32 Å². The van der Waals surface area contributed by atoms with Gasteiger partial charge in [0, 0.05) is 17.0 Å². The highest BCUT2D eigenvalue weighted by atomic mass is 15.1. The molecule has 3 aromatic rings. The zero-order valence-corrected chi connectivity index (χ0v) is 9.88. The molecule has 0 saturated heterocycles. The minimum atomic E-state index is 0.426. The van der Waals surface area contributed by atoms with Crippen LogP contribution in [-0.2, 0) is 6.67 Å². The van der Waals surface area contributed by atoms with Crippen LogP contribution in [0.5, 0.6) is 0 Å². The number of nitriles is 1. The number of hydrogen-bond donors (Lipinski definition) is 1. The second kappa shape index (κ2) is 4.09. The summed E-state index contributed by atoms with van der Waals surface area (Å²) >= 11 is 0. The molecule has 0 bridgehead atoms. The van der Waals surface area contributed by atoms with Crippen molar-refractivity contribution in [2.45, 2.75) is 6.67 Å². The smallest absolute Gasteiger partial charge is 0.142 e. The van der Waals surface area contributed by atoms with Crippen molar-refractivity contribution in [2.75, 3.05) is 7.05 Å². The molecule has 0 amide bonds. The molecule has 5 heteroatoms. The molecule has 0 spiro atoms. The fraction of sp³-hybridized carbons (Fsp3) is 0.154. The molecule has 1 N–H and O–H groups in total. The summed E-state index contributed by atoms with van der Waals surface area (Å²) in [7, 11) is 1.89. The summed E-state index contributed by atoms with van der Waals surface area (Å²) in [5.74, 6) is 0. The molecule has 3 aromatic heterocycles. The second-order valence-corrected chi connectivity index (χ2v) is 4.01. The molecule has 18 heavy (non-hydrogen) atoms. The topological polar surface area (TPSA) is 66.5 Å².